The lowest BCUT2D eigenvalue weighted by molar-refractivity contribution is -0.132. The third kappa shape index (κ3) is 3.07. The average Bonchev–Trinajstić information content (AvgIpc) is 2.89. The van der Waals surface area contributed by atoms with Gasteiger partial charge in [0.1, 0.15) is 0 Å². The highest BCUT2D eigenvalue weighted by atomic mass is 16.2. The molecule has 0 aromatic carbocycles. The van der Waals surface area contributed by atoms with E-state index in [1.807, 2.05) is 17.2 Å². The Kier molecular flexibility index (Phi) is 4.70. The number of nitrogens with zero attached hydrogens (tertiary/aromatic N) is 2. The Balaban J connectivity index is 1.97. The smallest absolute Gasteiger partial charge is 0.224 e. The second-order valence-corrected chi connectivity index (χ2v) is 4.64. The molecule has 1 aromatic heterocycles. The summed E-state index contributed by atoms with van der Waals surface area (Å²) in [5.74, 6) is 0.252. The molecular formula is C14H21N3O. The number of likely N-dealkylation sites (tertiary alicyclic amines) is 1. The van der Waals surface area contributed by atoms with Crippen LogP contribution in [-0.4, -0.2) is 35.4 Å². The first-order valence-electron chi connectivity index (χ1n) is 6.73. The van der Waals surface area contributed by atoms with Gasteiger partial charge in [0, 0.05) is 31.9 Å². The summed E-state index contributed by atoms with van der Waals surface area (Å²) in [7, 11) is 0. The fourth-order valence-corrected chi connectivity index (χ4v) is 2.50. The maximum absolute atomic E-state index is 12.2. The highest BCUT2D eigenvalue weighted by Gasteiger charge is 2.29. The largest absolute Gasteiger partial charge is 0.336 e. The van der Waals surface area contributed by atoms with Gasteiger partial charge >= 0.3 is 0 Å². The molecule has 1 fully saturated rings. The van der Waals surface area contributed by atoms with Gasteiger partial charge in [0.15, 0.2) is 0 Å². The summed E-state index contributed by atoms with van der Waals surface area (Å²) >= 11 is 0. The number of carbonyl (C=O) groups excluding carboxylic acids is 1. The van der Waals surface area contributed by atoms with E-state index in [9.17, 15) is 4.79 Å². The zero-order valence-electron chi connectivity index (χ0n) is 10.9. The monoisotopic (exact) mass is 247 g/mol. The van der Waals surface area contributed by atoms with Crippen LogP contribution in [0, 0.1) is 0 Å². The van der Waals surface area contributed by atoms with Crippen molar-refractivity contribution in [1.29, 1.82) is 0 Å². The van der Waals surface area contributed by atoms with Crippen molar-refractivity contribution in [3.63, 3.8) is 0 Å². The number of hydrogen-bond acceptors (Lipinski definition) is 3. The number of carbonyl (C=O) groups is 1. The lowest BCUT2D eigenvalue weighted by atomic mass is 10.1. The summed E-state index contributed by atoms with van der Waals surface area (Å²) in [5, 5.41) is 3.20. The van der Waals surface area contributed by atoms with Crippen LogP contribution in [0.15, 0.2) is 24.5 Å². The second-order valence-electron chi connectivity index (χ2n) is 4.64. The molecule has 1 N–H and O–H groups in total. The Labute approximate surface area is 108 Å². The molecule has 1 saturated heterocycles. The number of pyridine rings is 1. The van der Waals surface area contributed by atoms with Gasteiger partial charge in [0.25, 0.3) is 0 Å². The van der Waals surface area contributed by atoms with Gasteiger partial charge in [0.05, 0.1) is 6.04 Å². The Morgan fingerprint density at radius 1 is 1.61 bits per heavy atom. The first-order chi connectivity index (χ1) is 8.83. The molecule has 1 atom stereocenters. The molecule has 18 heavy (non-hydrogen) atoms. The highest BCUT2D eigenvalue weighted by Crippen LogP contribution is 2.31. The van der Waals surface area contributed by atoms with E-state index in [4.69, 9.17) is 0 Å². The first kappa shape index (κ1) is 13.0. The molecule has 98 valence electrons. The van der Waals surface area contributed by atoms with Crippen LogP contribution in [0.1, 0.15) is 37.8 Å². The number of aromatic nitrogens is 1. The van der Waals surface area contributed by atoms with Crippen LogP contribution in [0.4, 0.5) is 0 Å². The molecule has 2 heterocycles. The molecular weight excluding hydrogens is 226 g/mol. The summed E-state index contributed by atoms with van der Waals surface area (Å²) in [6, 6.07) is 4.23. The number of amides is 1. The minimum atomic E-state index is 0.229. The van der Waals surface area contributed by atoms with Crippen LogP contribution in [-0.2, 0) is 4.79 Å². The number of rotatable bonds is 5. The van der Waals surface area contributed by atoms with Gasteiger partial charge in [-0.05, 0) is 31.0 Å². The minimum Gasteiger partial charge on any atom is -0.336 e. The van der Waals surface area contributed by atoms with E-state index in [0.29, 0.717) is 6.42 Å². The maximum Gasteiger partial charge on any atom is 0.224 e. The van der Waals surface area contributed by atoms with Crippen molar-refractivity contribution in [2.75, 3.05) is 19.6 Å². The summed E-state index contributed by atoms with van der Waals surface area (Å²) in [4.78, 5) is 18.3. The first-order valence-corrected chi connectivity index (χ1v) is 6.73. The van der Waals surface area contributed by atoms with Gasteiger partial charge in [-0.25, -0.2) is 0 Å². The van der Waals surface area contributed by atoms with Gasteiger partial charge in [0.2, 0.25) is 5.91 Å². The summed E-state index contributed by atoms with van der Waals surface area (Å²) in [6.07, 6.45) is 6.38. The molecule has 0 spiro atoms. The summed E-state index contributed by atoms with van der Waals surface area (Å²) < 4.78 is 0. The number of hydrogen-bond donors (Lipinski definition) is 1. The SMILES string of the molecule is CCNCCC(=O)N1CCCC1c1cccnc1. The molecule has 0 aliphatic carbocycles. The fraction of sp³-hybridized carbons (Fsp3) is 0.571. The lowest BCUT2D eigenvalue weighted by Gasteiger charge is -2.25. The Bertz CT molecular complexity index is 380. The van der Waals surface area contributed by atoms with Crippen molar-refractivity contribution >= 4 is 5.91 Å². The van der Waals surface area contributed by atoms with E-state index in [1.54, 1.807) is 6.20 Å². The lowest BCUT2D eigenvalue weighted by Crippen LogP contribution is -2.32. The molecule has 0 radical (unpaired) electrons. The highest BCUT2D eigenvalue weighted by molar-refractivity contribution is 5.77. The van der Waals surface area contributed by atoms with Crippen molar-refractivity contribution < 1.29 is 4.79 Å². The third-order valence-corrected chi connectivity index (χ3v) is 3.41. The van der Waals surface area contributed by atoms with Crippen molar-refractivity contribution in [2.45, 2.75) is 32.2 Å². The Hall–Kier alpha value is -1.42. The average molecular weight is 247 g/mol. The van der Waals surface area contributed by atoms with E-state index in [1.165, 1.54) is 0 Å². The van der Waals surface area contributed by atoms with E-state index >= 15 is 0 Å². The Morgan fingerprint density at radius 3 is 3.22 bits per heavy atom. The zero-order chi connectivity index (χ0) is 12.8. The predicted molar refractivity (Wildman–Crippen MR) is 71.1 cm³/mol. The third-order valence-electron chi connectivity index (χ3n) is 3.41. The van der Waals surface area contributed by atoms with Crippen LogP contribution in [0.2, 0.25) is 0 Å². The molecule has 4 nitrogen and oxygen atoms in total. The molecule has 1 aromatic rings. The van der Waals surface area contributed by atoms with Crippen molar-refractivity contribution in [1.82, 2.24) is 15.2 Å². The van der Waals surface area contributed by atoms with E-state index in [0.717, 1.165) is 38.0 Å². The van der Waals surface area contributed by atoms with Gasteiger partial charge in [-0.2, -0.15) is 0 Å². The van der Waals surface area contributed by atoms with E-state index < -0.39 is 0 Å². The molecule has 2 rings (SSSR count). The summed E-state index contributed by atoms with van der Waals surface area (Å²) in [5.41, 5.74) is 1.16. The minimum absolute atomic E-state index is 0.229. The quantitative estimate of drug-likeness (QED) is 0.806. The molecule has 1 aliphatic rings. The Morgan fingerprint density at radius 2 is 2.50 bits per heavy atom. The van der Waals surface area contributed by atoms with Gasteiger partial charge in [-0.1, -0.05) is 13.0 Å². The van der Waals surface area contributed by atoms with Crippen LogP contribution >= 0.6 is 0 Å². The van der Waals surface area contributed by atoms with E-state index in [-0.39, 0.29) is 11.9 Å². The van der Waals surface area contributed by atoms with Gasteiger partial charge < -0.3 is 10.2 Å². The molecule has 1 aliphatic heterocycles. The normalized spacial score (nSPS) is 19.2. The number of nitrogens with one attached hydrogen (secondary N) is 1. The molecule has 0 saturated carbocycles. The molecule has 0 bridgehead atoms. The second kappa shape index (κ2) is 6.50. The topological polar surface area (TPSA) is 45.2 Å². The zero-order valence-corrected chi connectivity index (χ0v) is 10.9. The maximum atomic E-state index is 12.2. The summed E-state index contributed by atoms with van der Waals surface area (Å²) in [6.45, 7) is 4.62. The van der Waals surface area contributed by atoms with Crippen LogP contribution in [0.5, 0.6) is 0 Å². The van der Waals surface area contributed by atoms with Crippen LogP contribution < -0.4 is 5.32 Å². The van der Waals surface area contributed by atoms with Crippen LogP contribution in [0.25, 0.3) is 0 Å². The van der Waals surface area contributed by atoms with Gasteiger partial charge in [-0.3, -0.25) is 9.78 Å². The molecule has 1 amide bonds. The van der Waals surface area contributed by atoms with Gasteiger partial charge in [-0.15, -0.1) is 0 Å². The molecule has 4 heteroatoms. The van der Waals surface area contributed by atoms with Crippen molar-refractivity contribution in [3.05, 3.63) is 30.1 Å². The predicted octanol–water partition coefficient (Wildman–Crippen LogP) is 1.74. The van der Waals surface area contributed by atoms with E-state index in [2.05, 4.69) is 23.3 Å². The van der Waals surface area contributed by atoms with Crippen LogP contribution in [0.3, 0.4) is 0 Å². The fourth-order valence-electron chi connectivity index (χ4n) is 2.50. The standard InChI is InChI=1S/C14H21N3O/c1-2-15-9-7-14(18)17-10-4-6-13(17)12-5-3-8-16-11-12/h3,5,8,11,13,15H,2,4,6-7,9-10H2,1H3. The molecule has 1 unspecified atom stereocenters. The van der Waals surface area contributed by atoms with Crippen molar-refractivity contribution in [3.8, 4) is 0 Å². The van der Waals surface area contributed by atoms with Crippen molar-refractivity contribution in [2.24, 2.45) is 0 Å².